The molecular formula is C13H17N3O2. The minimum absolute atomic E-state index is 0.104. The summed E-state index contributed by atoms with van der Waals surface area (Å²) in [4.78, 5) is 10.5. The molecule has 1 N–H and O–H groups in total. The molecule has 0 fully saturated rings. The molecule has 0 saturated carbocycles. The average Bonchev–Trinajstić information content (AvgIpc) is 2.36. The number of para-hydroxylation sites is 1. The summed E-state index contributed by atoms with van der Waals surface area (Å²) >= 11 is 0. The SMILES string of the molecule is CC(NCC(C)(C)C#N)c1ccccc1[N+](=O)[O-]. The van der Waals surface area contributed by atoms with Gasteiger partial charge in [-0.2, -0.15) is 5.26 Å². The van der Waals surface area contributed by atoms with Crippen LogP contribution in [0.25, 0.3) is 0 Å². The van der Waals surface area contributed by atoms with E-state index in [4.69, 9.17) is 5.26 Å². The van der Waals surface area contributed by atoms with Crippen molar-refractivity contribution in [3.8, 4) is 6.07 Å². The van der Waals surface area contributed by atoms with Gasteiger partial charge >= 0.3 is 0 Å². The molecule has 18 heavy (non-hydrogen) atoms. The van der Waals surface area contributed by atoms with Gasteiger partial charge in [-0.1, -0.05) is 18.2 Å². The van der Waals surface area contributed by atoms with Crippen molar-refractivity contribution in [3.63, 3.8) is 0 Å². The number of nitrogens with zero attached hydrogens (tertiary/aromatic N) is 2. The standard InChI is InChI=1S/C13H17N3O2/c1-10(15-9-13(2,3)8-14)11-6-4-5-7-12(11)16(17)18/h4-7,10,15H,9H2,1-3H3. The van der Waals surface area contributed by atoms with E-state index in [-0.39, 0.29) is 16.7 Å². The molecule has 1 rings (SSSR count). The lowest BCUT2D eigenvalue weighted by Gasteiger charge is -2.20. The smallest absolute Gasteiger partial charge is 0.274 e. The van der Waals surface area contributed by atoms with Gasteiger partial charge < -0.3 is 5.32 Å². The maximum Gasteiger partial charge on any atom is 0.274 e. The summed E-state index contributed by atoms with van der Waals surface area (Å²) < 4.78 is 0. The van der Waals surface area contributed by atoms with E-state index in [1.54, 1.807) is 18.2 Å². The third-order valence-electron chi connectivity index (χ3n) is 2.75. The number of benzene rings is 1. The molecule has 5 heteroatoms. The molecule has 0 aliphatic carbocycles. The summed E-state index contributed by atoms with van der Waals surface area (Å²) in [6.07, 6.45) is 0. The van der Waals surface area contributed by atoms with Gasteiger partial charge in [0.15, 0.2) is 0 Å². The van der Waals surface area contributed by atoms with Gasteiger partial charge in [-0.3, -0.25) is 10.1 Å². The maximum atomic E-state index is 10.9. The van der Waals surface area contributed by atoms with Crippen LogP contribution in [-0.4, -0.2) is 11.5 Å². The Morgan fingerprint density at radius 1 is 1.50 bits per heavy atom. The Balaban J connectivity index is 2.83. The van der Waals surface area contributed by atoms with Gasteiger partial charge in [-0.15, -0.1) is 0 Å². The van der Waals surface area contributed by atoms with Crippen LogP contribution >= 0.6 is 0 Å². The zero-order valence-corrected chi connectivity index (χ0v) is 10.8. The molecular weight excluding hydrogens is 230 g/mol. The Bertz CT molecular complexity index is 477. The van der Waals surface area contributed by atoms with Crippen LogP contribution in [0.1, 0.15) is 32.4 Å². The number of nitro benzene ring substituents is 1. The van der Waals surface area contributed by atoms with E-state index in [1.807, 2.05) is 20.8 Å². The number of rotatable bonds is 5. The first-order valence-corrected chi connectivity index (χ1v) is 5.75. The average molecular weight is 247 g/mol. The molecule has 0 heterocycles. The van der Waals surface area contributed by atoms with Crippen LogP contribution in [0.2, 0.25) is 0 Å². The summed E-state index contributed by atoms with van der Waals surface area (Å²) in [6.45, 7) is 5.99. The fraction of sp³-hybridized carbons (Fsp3) is 0.462. The molecule has 96 valence electrons. The monoisotopic (exact) mass is 247 g/mol. The summed E-state index contributed by atoms with van der Waals surface area (Å²) in [7, 11) is 0. The molecule has 0 aliphatic rings. The lowest BCUT2D eigenvalue weighted by molar-refractivity contribution is -0.385. The Morgan fingerprint density at radius 3 is 2.67 bits per heavy atom. The maximum absolute atomic E-state index is 10.9. The molecule has 0 radical (unpaired) electrons. The molecule has 5 nitrogen and oxygen atoms in total. The van der Waals surface area contributed by atoms with Crippen molar-refractivity contribution < 1.29 is 4.92 Å². The first-order chi connectivity index (χ1) is 8.37. The van der Waals surface area contributed by atoms with Gasteiger partial charge in [0.25, 0.3) is 5.69 Å². The first kappa shape index (κ1) is 14.1. The quantitative estimate of drug-likeness (QED) is 0.641. The second kappa shape index (κ2) is 5.61. The minimum atomic E-state index is -0.488. The van der Waals surface area contributed by atoms with E-state index in [0.29, 0.717) is 12.1 Å². The third kappa shape index (κ3) is 3.54. The van der Waals surface area contributed by atoms with Gasteiger partial charge in [-0.05, 0) is 20.8 Å². The van der Waals surface area contributed by atoms with Crippen LogP contribution < -0.4 is 5.32 Å². The minimum Gasteiger partial charge on any atom is -0.308 e. The van der Waals surface area contributed by atoms with E-state index in [9.17, 15) is 10.1 Å². The highest BCUT2D eigenvalue weighted by Crippen LogP contribution is 2.25. The van der Waals surface area contributed by atoms with Crippen molar-refractivity contribution in [3.05, 3.63) is 39.9 Å². The first-order valence-electron chi connectivity index (χ1n) is 5.75. The second-order valence-electron chi connectivity index (χ2n) is 4.91. The third-order valence-corrected chi connectivity index (χ3v) is 2.75. The molecule has 0 aromatic heterocycles. The van der Waals surface area contributed by atoms with Gasteiger partial charge in [-0.25, -0.2) is 0 Å². The fourth-order valence-electron chi connectivity index (χ4n) is 1.58. The van der Waals surface area contributed by atoms with Gasteiger partial charge in [0.2, 0.25) is 0 Å². The van der Waals surface area contributed by atoms with Crippen LogP contribution in [0.4, 0.5) is 5.69 Å². The lowest BCUT2D eigenvalue weighted by Crippen LogP contribution is -2.30. The number of nitriles is 1. The summed E-state index contributed by atoms with van der Waals surface area (Å²) in [6, 6.07) is 8.66. The molecule has 1 aromatic carbocycles. The summed E-state index contributed by atoms with van der Waals surface area (Å²) in [5.41, 5.74) is 0.251. The zero-order chi connectivity index (χ0) is 13.8. The van der Waals surface area contributed by atoms with E-state index >= 15 is 0 Å². The molecule has 0 bridgehead atoms. The van der Waals surface area contributed by atoms with E-state index in [2.05, 4.69) is 11.4 Å². The van der Waals surface area contributed by atoms with Crippen LogP contribution in [0.5, 0.6) is 0 Å². The zero-order valence-electron chi connectivity index (χ0n) is 10.8. The number of hydrogen-bond donors (Lipinski definition) is 1. The normalized spacial score (nSPS) is 12.8. The van der Waals surface area contributed by atoms with E-state index < -0.39 is 5.41 Å². The predicted molar refractivity (Wildman–Crippen MR) is 68.9 cm³/mol. The summed E-state index contributed by atoms with van der Waals surface area (Å²) in [5, 5.41) is 23.0. The highest BCUT2D eigenvalue weighted by Gasteiger charge is 2.21. The largest absolute Gasteiger partial charge is 0.308 e. The highest BCUT2D eigenvalue weighted by molar-refractivity contribution is 5.41. The van der Waals surface area contributed by atoms with Crippen LogP contribution in [0, 0.1) is 26.9 Å². The van der Waals surface area contributed by atoms with Crippen LogP contribution in [-0.2, 0) is 0 Å². The molecule has 1 aromatic rings. The van der Waals surface area contributed by atoms with Gasteiger partial charge in [0.05, 0.1) is 16.4 Å². The van der Waals surface area contributed by atoms with Crippen molar-refractivity contribution in [2.24, 2.45) is 5.41 Å². The van der Waals surface area contributed by atoms with E-state index in [0.717, 1.165) is 0 Å². The van der Waals surface area contributed by atoms with E-state index in [1.165, 1.54) is 6.07 Å². The predicted octanol–water partition coefficient (Wildman–Crippen LogP) is 2.80. The molecule has 0 spiro atoms. The van der Waals surface area contributed by atoms with Crippen molar-refractivity contribution >= 4 is 5.69 Å². The molecule has 0 aliphatic heterocycles. The molecule has 1 atom stereocenters. The Labute approximate surface area is 107 Å². The van der Waals surface area contributed by atoms with Gasteiger partial charge in [0, 0.05) is 24.2 Å². The number of nitro groups is 1. The van der Waals surface area contributed by atoms with Crippen LogP contribution in [0.15, 0.2) is 24.3 Å². The second-order valence-corrected chi connectivity index (χ2v) is 4.91. The van der Waals surface area contributed by atoms with Crippen molar-refractivity contribution in [2.75, 3.05) is 6.54 Å². The number of hydrogen-bond acceptors (Lipinski definition) is 4. The Kier molecular flexibility index (Phi) is 4.40. The summed E-state index contributed by atoms with van der Waals surface area (Å²) in [5.74, 6) is 0. The van der Waals surface area contributed by atoms with Crippen molar-refractivity contribution in [1.29, 1.82) is 5.26 Å². The van der Waals surface area contributed by atoms with Crippen molar-refractivity contribution in [2.45, 2.75) is 26.8 Å². The van der Waals surface area contributed by atoms with Gasteiger partial charge in [0.1, 0.15) is 0 Å². The Morgan fingerprint density at radius 2 is 2.11 bits per heavy atom. The fourth-order valence-corrected chi connectivity index (χ4v) is 1.58. The Hall–Kier alpha value is -1.93. The number of nitrogens with one attached hydrogen (secondary N) is 1. The molecule has 0 amide bonds. The topological polar surface area (TPSA) is 79.0 Å². The van der Waals surface area contributed by atoms with Crippen LogP contribution in [0.3, 0.4) is 0 Å². The molecule has 0 saturated heterocycles. The molecule has 1 unspecified atom stereocenters. The lowest BCUT2D eigenvalue weighted by atomic mass is 9.95. The van der Waals surface area contributed by atoms with Crippen molar-refractivity contribution in [1.82, 2.24) is 5.32 Å². The highest BCUT2D eigenvalue weighted by atomic mass is 16.6.